The van der Waals surface area contributed by atoms with E-state index in [-0.39, 0.29) is 0 Å². The molecule has 2 aromatic rings. The third-order valence-electron chi connectivity index (χ3n) is 3.99. The second kappa shape index (κ2) is 4.28. The molecule has 0 N–H and O–H groups in total. The Morgan fingerprint density at radius 3 is 2.72 bits per heavy atom. The molecular formula is C14H20N4. The fraction of sp³-hybridized carbons (Fsp3) is 0.500. The van der Waals surface area contributed by atoms with Crippen LogP contribution < -0.4 is 4.90 Å². The number of aromatic nitrogens is 2. The van der Waals surface area contributed by atoms with Crippen LogP contribution in [0.15, 0.2) is 24.3 Å². The lowest BCUT2D eigenvalue weighted by Gasteiger charge is -2.25. The van der Waals surface area contributed by atoms with Crippen molar-refractivity contribution in [2.24, 2.45) is 7.05 Å². The standard InChI is InChI=1S/C14H20N4/c1-16-9-8-11(10-16)17(2)14-15-12-6-4-5-7-13(12)18(14)3/h4-7,11H,8-10H2,1-3H3. The number of rotatable bonds is 2. The molecule has 0 aliphatic carbocycles. The lowest BCUT2D eigenvalue weighted by Crippen LogP contribution is -2.35. The molecule has 0 radical (unpaired) electrons. The van der Waals surface area contributed by atoms with Gasteiger partial charge in [0.15, 0.2) is 0 Å². The number of nitrogens with zero attached hydrogens (tertiary/aromatic N) is 4. The van der Waals surface area contributed by atoms with Crippen LogP contribution in [0.4, 0.5) is 5.95 Å². The number of para-hydroxylation sites is 2. The summed E-state index contributed by atoms with van der Waals surface area (Å²) in [5, 5.41) is 0. The SMILES string of the molecule is CN1CCC(N(C)c2nc3ccccc3n2C)C1. The van der Waals surface area contributed by atoms with Gasteiger partial charge in [-0.25, -0.2) is 4.98 Å². The van der Waals surface area contributed by atoms with Gasteiger partial charge in [0.05, 0.1) is 11.0 Å². The molecule has 96 valence electrons. The number of anilines is 1. The first-order valence-electron chi connectivity index (χ1n) is 6.49. The van der Waals surface area contributed by atoms with Crippen molar-refractivity contribution in [3.63, 3.8) is 0 Å². The van der Waals surface area contributed by atoms with E-state index in [1.54, 1.807) is 0 Å². The maximum atomic E-state index is 4.75. The van der Waals surface area contributed by atoms with Crippen LogP contribution >= 0.6 is 0 Å². The predicted molar refractivity (Wildman–Crippen MR) is 75.0 cm³/mol. The normalized spacial score (nSPS) is 20.7. The molecule has 1 saturated heterocycles. The van der Waals surface area contributed by atoms with E-state index in [1.165, 1.54) is 18.5 Å². The second-order valence-electron chi connectivity index (χ2n) is 5.28. The van der Waals surface area contributed by atoms with Gasteiger partial charge in [-0.05, 0) is 32.1 Å². The molecule has 18 heavy (non-hydrogen) atoms. The zero-order valence-electron chi connectivity index (χ0n) is 11.3. The maximum Gasteiger partial charge on any atom is 0.206 e. The summed E-state index contributed by atoms with van der Waals surface area (Å²) >= 11 is 0. The van der Waals surface area contributed by atoms with E-state index in [2.05, 4.69) is 53.7 Å². The number of aryl methyl sites for hydroxylation is 1. The summed E-state index contributed by atoms with van der Waals surface area (Å²) in [6.45, 7) is 2.30. The van der Waals surface area contributed by atoms with Crippen molar-refractivity contribution >= 4 is 17.0 Å². The zero-order valence-corrected chi connectivity index (χ0v) is 11.3. The number of benzene rings is 1. The molecule has 1 aliphatic rings. The lowest BCUT2D eigenvalue weighted by molar-refractivity contribution is 0.409. The largest absolute Gasteiger partial charge is 0.341 e. The minimum Gasteiger partial charge on any atom is -0.341 e. The number of imidazole rings is 1. The molecule has 1 fully saturated rings. The van der Waals surface area contributed by atoms with E-state index in [9.17, 15) is 0 Å². The summed E-state index contributed by atoms with van der Waals surface area (Å²) in [5.74, 6) is 1.07. The first-order chi connectivity index (χ1) is 8.66. The van der Waals surface area contributed by atoms with Gasteiger partial charge in [-0.15, -0.1) is 0 Å². The highest BCUT2D eigenvalue weighted by atomic mass is 15.3. The van der Waals surface area contributed by atoms with E-state index < -0.39 is 0 Å². The molecule has 2 heterocycles. The first-order valence-corrected chi connectivity index (χ1v) is 6.49. The highest BCUT2D eigenvalue weighted by molar-refractivity contribution is 5.78. The molecule has 4 nitrogen and oxygen atoms in total. The number of hydrogen-bond acceptors (Lipinski definition) is 3. The van der Waals surface area contributed by atoms with E-state index in [0.29, 0.717) is 6.04 Å². The Morgan fingerprint density at radius 2 is 2.06 bits per heavy atom. The number of likely N-dealkylation sites (tertiary alicyclic amines) is 1. The minimum atomic E-state index is 0.575. The van der Waals surface area contributed by atoms with E-state index in [0.717, 1.165) is 18.0 Å². The van der Waals surface area contributed by atoms with E-state index in [4.69, 9.17) is 4.98 Å². The van der Waals surface area contributed by atoms with Crippen molar-refractivity contribution in [3.05, 3.63) is 24.3 Å². The Labute approximate surface area is 108 Å². The van der Waals surface area contributed by atoms with Gasteiger partial charge in [0.25, 0.3) is 0 Å². The van der Waals surface area contributed by atoms with Gasteiger partial charge in [0.1, 0.15) is 0 Å². The van der Waals surface area contributed by atoms with Gasteiger partial charge in [0.2, 0.25) is 5.95 Å². The van der Waals surface area contributed by atoms with Gasteiger partial charge < -0.3 is 14.4 Å². The molecule has 0 amide bonds. The van der Waals surface area contributed by atoms with Crippen LogP contribution in [0.3, 0.4) is 0 Å². The molecule has 0 saturated carbocycles. The summed E-state index contributed by atoms with van der Waals surface area (Å²) in [4.78, 5) is 9.45. The average molecular weight is 244 g/mol. The van der Waals surface area contributed by atoms with Crippen LogP contribution in [-0.2, 0) is 7.05 Å². The fourth-order valence-electron chi connectivity index (χ4n) is 2.84. The summed E-state index contributed by atoms with van der Waals surface area (Å²) in [6.07, 6.45) is 1.22. The van der Waals surface area contributed by atoms with Crippen LogP contribution in [-0.4, -0.2) is 47.7 Å². The maximum absolute atomic E-state index is 4.75. The third-order valence-corrected chi connectivity index (χ3v) is 3.99. The average Bonchev–Trinajstić information content (AvgIpc) is 2.94. The van der Waals surface area contributed by atoms with Crippen molar-refractivity contribution in [2.45, 2.75) is 12.5 Å². The predicted octanol–water partition coefficient (Wildman–Crippen LogP) is 1.71. The Morgan fingerprint density at radius 1 is 1.28 bits per heavy atom. The van der Waals surface area contributed by atoms with E-state index in [1.807, 2.05) is 6.07 Å². The number of fused-ring (bicyclic) bond motifs is 1. The van der Waals surface area contributed by atoms with Crippen LogP contribution in [0.1, 0.15) is 6.42 Å². The molecule has 1 aromatic heterocycles. The summed E-state index contributed by atoms with van der Waals surface area (Å²) < 4.78 is 2.19. The number of likely N-dealkylation sites (N-methyl/N-ethyl adjacent to an activating group) is 2. The van der Waals surface area contributed by atoms with Crippen molar-refractivity contribution in [1.82, 2.24) is 14.5 Å². The fourth-order valence-corrected chi connectivity index (χ4v) is 2.84. The van der Waals surface area contributed by atoms with Gasteiger partial charge in [0, 0.05) is 26.7 Å². The Bertz CT molecular complexity index is 560. The first kappa shape index (κ1) is 11.5. The van der Waals surface area contributed by atoms with Crippen LogP contribution in [0.25, 0.3) is 11.0 Å². The van der Waals surface area contributed by atoms with Gasteiger partial charge >= 0.3 is 0 Å². The zero-order chi connectivity index (χ0) is 12.7. The van der Waals surface area contributed by atoms with Crippen LogP contribution in [0, 0.1) is 0 Å². The molecule has 1 aromatic carbocycles. The number of hydrogen-bond donors (Lipinski definition) is 0. The van der Waals surface area contributed by atoms with Crippen molar-refractivity contribution < 1.29 is 0 Å². The third kappa shape index (κ3) is 1.77. The molecule has 4 heteroatoms. The topological polar surface area (TPSA) is 24.3 Å². The Hall–Kier alpha value is -1.55. The monoisotopic (exact) mass is 244 g/mol. The van der Waals surface area contributed by atoms with Crippen LogP contribution in [0.5, 0.6) is 0 Å². The van der Waals surface area contributed by atoms with Gasteiger partial charge in [-0.1, -0.05) is 12.1 Å². The summed E-state index contributed by atoms with van der Waals surface area (Å²) in [7, 11) is 6.44. The lowest BCUT2D eigenvalue weighted by atomic mass is 10.2. The quantitative estimate of drug-likeness (QED) is 0.804. The summed E-state index contributed by atoms with van der Waals surface area (Å²) in [6, 6.07) is 8.89. The highest BCUT2D eigenvalue weighted by Crippen LogP contribution is 2.24. The van der Waals surface area contributed by atoms with Crippen molar-refractivity contribution in [3.8, 4) is 0 Å². The van der Waals surface area contributed by atoms with E-state index >= 15 is 0 Å². The molecular weight excluding hydrogens is 224 g/mol. The van der Waals surface area contributed by atoms with Crippen LogP contribution in [0.2, 0.25) is 0 Å². The van der Waals surface area contributed by atoms with Gasteiger partial charge in [-0.3, -0.25) is 0 Å². The van der Waals surface area contributed by atoms with Crippen molar-refractivity contribution in [1.29, 1.82) is 0 Å². The molecule has 1 atom stereocenters. The second-order valence-corrected chi connectivity index (χ2v) is 5.28. The molecule has 0 bridgehead atoms. The minimum absolute atomic E-state index is 0.575. The molecule has 1 aliphatic heterocycles. The molecule has 1 unspecified atom stereocenters. The van der Waals surface area contributed by atoms with Crippen molar-refractivity contribution in [2.75, 3.05) is 32.1 Å². The highest BCUT2D eigenvalue weighted by Gasteiger charge is 2.25. The Balaban J connectivity index is 1.96. The smallest absolute Gasteiger partial charge is 0.206 e. The molecule has 0 spiro atoms. The Kier molecular flexibility index (Phi) is 2.74. The van der Waals surface area contributed by atoms with Gasteiger partial charge in [-0.2, -0.15) is 0 Å². The molecule has 3 rings (SSSR count). The summed E-state index contributed by atoms with van der Waals surface area (Å²) in [5.41, 5.74) is 2.28.